The third kappa shape index (κ3) is 4.23. The average Bonchev–Trinajstić information content (AvgIpc) is 3.08. The van der Waals surface area contributed by atoms with Gasteiger partial charge >= 0.3 is 5.97 Å². The van der Waals surface area contributed by atoms with Crippen LogP contribution in [0.15, 0.2) is 53.3 Å². The summed E-state index contributed by atoms with van der Waals surface area (Å²) in [6.45, 7) is 0.980. The number of esters is 1. The zero-order chi connectivity index (χ0) is 18.5. The van der Waals surface area contributed by atoms with Crippen LogP contribution in [0.4, 0.5) is 11.4 Å². The predicted molar refractivity (Wildman–Crippen MR) is 93.7 cm³/mol. The highest BCUT2D eigenvalue weighted by atomic mass is 16.5. The van der Waals surface area contributed by atoms with Gasteiger partial charge < -0.3 is 19.8 Å². The maximum absolute atomic E-state index is 12.0. The van der Waals surface area contributed by atoms with E-state index < -0.39 is 18.5 Å². The Hall–Kier alpha value is -3.68. The van der Waals surface area contributed by atoms with Gasteiger partial charge in [0.15, 0.2) is 18.6 Å². The van der Waals surface area contributed by atoms with E-state index in [9.17, 15) is 14.4 Å². The Morgan fingerprint density at radius 1 is 1.04 bits per heavy atom. The molecule has 3 aromatic rings. The van der Waals surface area contributed by atoms with Gasteiger partial charge in [-0.15, -0.1) is 0 Å². The van der Waals surface area contributed by atoms with Crippen molar-refractivity contribution in [3.05, 3.63) is 54.4 Å². The summed E-state index contributed by atoms with van der Waals surface area (Å²) in [5.41, 5.74) is 2.50. The molecule has 2 amide bonds. The standard InChI is InChI=1S/C18H15N3O5/c1-11(22)20-13-3-5-14(6-4-13)21-17(23)9-25-18(24)12-2-7-16-15(8-12)19-10-26-16/h2-8,10H,9H2,1H3,(H,20,22)(H,21,23). The Kier molecular flexibility index (Phi) is 4.93. The molecule has 2 aromatic carbocycles. The van der Waals surface area contributed by atoms with Crippen LogP contribution in [0.2, 0.25) is 0 Å². The quantitative estimate of drug-likeness (QED) is 0.682. The summed E-state index contributed by atoms with van der Waals surface area (Å²) in [4.78, 5) is 38.8. The SMILES string of the molecule is CC(=O)Nc1ccc(NC(=O)COC(=O)c2ccc3ocnc3c2)cc1. The number of oxazole rings is 1. The maximum Gasteiger partial charge on any atom is 0.338 e. The van der Waals surface area contributed by atoms with Crippen LogP contribution in [0.25, 0.3) is 11.1 Å². The van der Waals surface area contributed by atoms with Gasteiger partial charge in [0.1, 0.15) is 5.52 Å². The van der Waals surface area contributed by atoms with E-state index in [0.717, 1.165) is 0 Å². The molecule has 0 atom stereocenters. The molecule has 132 valence electrons. The summed E-state index contributed by atoms with van der Waals surface area (Å²) in [6.07, 6.45) is 1.28. The summed E-state index contributed by atoms with van der Waals surface area (Å²) in [6, 6.07) is 11.2. The molecule has 0 radical (unpaired) electrons. The molecular formula is C18H15N3O5. The van der Waals surface area contributed by atoms with Gasteiger partial charge in [-0.05, 0) is 42.5 Å². The molecule has 0 aliphatic carbocycles. The van der Waals surface area contributed by atoms with Crippen molar-refractivity contribution in [3.8, 4) is 0 Å². The molecule has 0 aliphatic heterocycles. The van der Waals surface area contributed by atoms with E-state index in [0.29, 0.717) is 22.5 Å². The van der Waals surface area contributed by atoms with Crippen molar-refractivity contribution in [2.45, 2.75) is 6.92 Å². The molecule has 8 heteroatoms. The third-order valence-electron chi connectivity index (χ3n) is 3.39. The number of hydrogen-bond donors (Lipinski definition) is 2. The highest BCUT2D eigenvalue weighted by Gasteiger charge is 2.12. The number of hydrogen-bond acceptors (Lipinski definition) is 6. The molecule has 0 fully saturated rings. The number of ether oxygens (including phenoxy) is 1. The second-order valence-corrected chi connectivity index (χ2v) is 5.42. The summed E-state index contributed by atoms with van der Waals surface area (Å²) in [7, 11) is 0. The summed E-state index contributed by atoms with van der Waals surface area (Å²) >= 11 is 0. The fourth-order valence-corrected chi connectivity index (χ4v) is 2.24. The lowest BCUT2D eigenvalue weighted by Gasteiger charge is -2.08. The van der Waals surface area contributed by atoms with E-state index >= 15 is 0 Å². The van der Waals surface area contributed by atoms with Crippen LogP contribution < -0.4 is 10.6 Å². The number of fused-ring (bicyclic) bond motifs is 1. The first-order valence-electron chi connectivity index (χ1n) is 7.69. The second-order valence-electron chi connectivity index (χ2n) is 5.42. The molecule has 8 nitrogen and oxygen atoms in total. The molecule has 0 spiro atoms. The fraction of sp³-hybridized carbons (Fsp3) is 0.111. The van der Waals surface area contributed by atoms with Crippen LogP contribution in [0.1, 0.15) is 17.3 Å². The van der Waals surface area contributed by atoms with Crippen molar-refractivity contribution < 1.29 is 23.5 Å². The van der Waals surface area contributed by atoms with Crippen molar-refractivity contribution in [1.29, 1.82) is 0 Å². The molecule has 26 heavy (non-hydrogen) atoms. The Balaban J connectivity index is 1.53. The molecule has 0 aliphatic rings. The molecule has 0 bridgehead atoms. The minimum absolute atomic E-state index is 0.183. The molecule has 3 rings (SSSR count). The van der Waals surface area contributed by atoms with E-state index in [1.807, 2.05) is 0 Å². The number of carbonyl (C=O) groups is 3. The zero-order valence-electron chi connectivity index (χ0n) is 13.8. The molecule has 1 aromatic heterocycles. The monoisotopic (exact) mass is 353 g/mol. The molecule has 0 saturated carbocycles. The van der Waals surface area contributed by atoms with Crippen molar-refractivity contribution in [2.75, 3.05) is 17.2 Å². The number of carbonyl (C=O) groups excluding carboxylic acids is 3. The van der Waals surface area contributed by atoms with Gasteiger partial charge in [-0.3, -0.25) is 9.59 Å². The van der Waals surface area contributed by atoms with Gasteiger partial charge in [0.2, 0.25) is 5.91 Å². The average molecular weight is 353 g/mol. The first-order valence-corrected chi connectivity index (χ1v) is 7.69. The summed E-state index contributed by atoms with van der Waals surface area (Å²) in [5.74, 6) is -1.29. The zero-order valence-corrected chi connectivity index (χ0v) is 13.8. The van der Waals surface area contributed by atoms with Gasteiger partial charge in [0.05, 0.1) is 5.56 Å². The number of rotatable bonds is 5. The second kappa shape index (κ2) is 7.47. The number of benzene rings is 2. The maximum atomic E-state index is 12.0. The Labute approximate surface area is 148 Å². The van der Waals surface area contributed by atoms with Crippen LogP contribution in [-0.2, 0) is 14.3 Å². The predicted octanol–water partition coefficient (Wildman–Crippen LogP) is 2.58. The number of nitrogens with one attached hydrogen (secondary N) is 2. The van der Waals surface area contributed by atoms with Gasteiger partial charge in [-0.1, -0.05) is 0 Å². The van der Waals surface area contributed by atoms with Crippen LogP contribution >= 0.6 is 0 Å². The van der Waals surface area contributed by atoms with Crippen molar-refractivity contribution in [3.63, 3.8) is 0 Å². The minimum Gasteiger partial charge on any atom is -0.452 e. The Bertz CT molecular complexity index is 962. The molecule has 0 unspecified atom stereocenters. The lowest BCUT2D eigenvalue weighted by Crippen LogP contribution is -2.20. The molecular weight excluding hydrogens is 338 g/mol. The van der Waals surface area contributed by atoms with Crippen molar-refractivity contribution in [2.24, 2.45) is 0 Å². The highest BCUT2D eigenvalue weighted by Crippen LogP contribution is 2.15. The van der Waals surface area contributed by atoms with Crippen molar-refractivity contribution >= 4 is 40.3 Å². The largest absolute Gasteiger partial charge is 0.452 e. The number of aromatic nitrogens is 1. The number of nitrogens with zero attached hydrogens (tertiary/aromatic N) is 1. The topological polar surface area (TPSA) is 111 Å². The summed E-state index contributed by atoms with van der Waals surface area (Å²) < 4.78 is 10.1. The van der Waals surface area contributed by atoms with E-state index in [1.165, 1.54) is 25.5 Å². The Morgan fingerprint density at radius 2 is 1.73 bits per heavy atom. The molecule has 0 saturated heterocycles. The fourth-order valence-electron chi connectivity index (χ4n) is 2.24. The minimum atomic E-state index is -0.633. The van der Waals surface area contributed by atoms with E-state index in [2.05, 4.69) is 15.6 Å². The van der Waals surface area contributed by atoms with Gasteiger partial charge in [-0.25, -0.2) is 9.78 Å². The van der Waals surface area contributed by atoms with Gasteiger partial charge in [0.25, 0.3) is 5.91 Å². The van der Waals surface area contributed by atoms with Crippen LogP contribution in [0.5, 0.6) is 0 Å². The van der Waals surface area contributed by atoms with Crippen LogP contribution in [0, 0.1) is 0 Å². The van der Waals surface area contributed by atoms with E-state index in [-0.39, 0.29) is 11.5 Å². The summed E-state index contributed by atoms with van der Waals surface area (Å²) in [5, 5.41) is 5.22. The van der Waals surface area contributed by atoms with Crippen LogP contribution in [-0.4, -0.2) is 29.4 Å². The first kappa shape index (κ1) is 17.2. The van der Waals surface area contributed by atoms with Crippen molar-refractivity contribution in [1.82, 2.24) is 4.98 Å². The highest BCUT2D eigenvalue weighted by molar-refractivity contribution is 5.97. The van der Waals surface area contributed by atoms with E-state index in [1.54, 1.807) is 30.3 Å². The molecule has 2 N–H and O–H groups in total. The Morgan fingerprint density at radius 3 is 2.42 bits per heavy atom. The number of amides is 2. The van der Waals surface area contributed by atoms with Gasteiger partial charge in [0, 0.05) is 18.3 Å². The normalized spacial score (nSPS) is 10.3. The first-order chi connectivity index (χ1) is 12.5. The lowest BCUT2D eigenvalue weighted by atomic mass is 10.2. The van der Waals surface area contributed by atoms with E-state index in [4.69, 9.17) is 9.15 Å². The number of anilines is 2. The lowest BCUT2D eigenvalue weighted by molar-refractivity contribution is -0.119. The third-order valence-corrected chi connectivity index (χ3v) is 3.39. The van der Waals surface area contributed by atoms with Crippen LogP contribution in [0.3, 0.4) is 0 Å². The molecule has 1 heterocycles. The van der Waals surface area contributed by atoms with Gasteiger partial charge in [-0.2, -0.15) is 0 Å². The smallest absolute Gasteiger partial charge is 0.338 e.